The maximum absolute atomic E-state index is 8.90. The molecule has 0 atom stereocenters. The van der Waals surface area contributed by atoms with Crippen molar-refractivity contribution in [3.63, 3.8) is 0 Å². The zero-order valence-corrected chi connectivity index (χ0v) is 7.46. The summed E-state index contributed by atoms with van der Waals surface area (Å²) in [5.41, 5.74) is 2.89. The van der Waals surface area contributed by atoms with Gasteiger partial charge >= 0.3 is 0 Å². The molecule has 1 aromatic heterocycles. The van der Waals surface area contributed by atoms with Gasteiger partial charge in [0.2, 0.25) is 0 Å². The second-order valence-electron chi connectivity index (χ2n) is 3.05. The van der Waals surface area contributed by atoms with Gasteiger partial charge in [-0.25, -0.2) is 0 Å². The highest BCUT2D eigenvalue weighted by Crippen LogP contribution is 2.19. The highest BCUT2D eigenvalue weighted by molar-refractivity contribution is 5.85. The Bertz CT molecular complexity index is 474. The molecular formula is C11H10N2. The maximum atomic E-state index is 8.90. The van der Waals surface area contributed by atoms with E-state index in [2.05, 4.69) is 24.0 Å². The summed E-state index contributed by atoms with van der Waals surface area (Å²) in [6.07, 6.45) is 2.83. The topological polar surface area (TPSA) is 39.6 Å². The Morgan fingerprint density at radius 1 is 1.46 bits per heavy atom. The molecule has 0 spiro atoms. The highest BCUT2D eigenvalue weighted by atomic mass is 14.7. The lowest BCUT2D eigenvalue weighted by Crippen LogP contribution is -1.84. The Morgan fingerprint density at radius 2 is 2.31 bits per heavy atom. The Morgan fingerprint density at radius 3 is 3.00 bits per heavy atom. The second kappa shape index (κ2) is 2.95. The minimum atomic E-state index is 0.736. The molecule has 0 unspecified atom stereocenters. The van der Waals surface area contributed by atoms with Gasteiger partial charge in [0.15, 0.2) is 0 Å². The standard InChI is InChI=1S/C11H10N2/c1-2-8-5-9-3-4-13-11(9)10(6-8)7-12/h3-6,13H,2H2,1H3. The third-order valence-electron chi connectivity index (χ3n) is 2.25. The first kappa shape index (κ1) is 7.88. The van der Waals surface area contributed by atoms with Gasteiger partial charge in [-0.15, -0.1) is 0 Å². The predicted octanol–water partition coefficient (Wildman–Crippen LogP) is 2.60. The number of aromatic amines is 1. The average Bonchev–Trinajstić information content (AvgIpc) is 2.63. The molecule has 0 saturated carbocycles. The van der Waals surface area contributed by atoms with Crippen LogP contribution in [0.1, 0.15) is 18.1 Å². The summed E-state index contributed by atoms with van der Waals surface area (Å²) in [5, 5.41) is 10.0. The van der Waals surface area contributed by atoms with Crippen LogP contribution < -0.4 is 0 Å². The van der Waals surface area contributed by atoms with Gasteiger partial charge in [0.1, 0.15) is 6.07 Å². The summed E-state index contributed by atoms with van der Waals surface area (Å²) in [6.45, 7) is 2.09. The van der Waals surface area contributed by atoms with E-state index in [-0.39, 0.29) is 0 Å². The van der Waals surface area contributed by atoms with Crippen molar-refractivity contribution in [3.05, 3.63) is 35.5 Å². The molecule has 0 radical (unpaired) electrons. The van der Waals surface area contributed by atoms with Gasteiger partial charge in [-0.05, 0) is 30.2 Å². The van der Waals surface area contributed by atoms with Crippen LogP contribution in [0.2, 0.25) is 0 Å². The number of hydrogen-bond acceptors (Lipinski definition) is 1. The van der Waals surface area contributed by atoms with Crippen molar-refractivity contribution in [1.82, 2.24) is 4.98 Å². The molecule has 0 saturated heterocycles. The Labute approximate surface area is 76.8 Å². The monoisotopic (exact) mass is 170 g/mol. The lowest BCUT2D eigenvalue weighted by Gasteiger charge is -1.98. The smallest absolute Gasteiger partial charge is 0.101 e. The van der Waals surface area contributed by atoms with E-state index in [1.54, 1.807) is 0 Å². The van der Waals surface area contributed by atoms with Crippen LogP contribution in [-0.4, -0.2) is 4.98 Å². The van der Waals surface area contributed by atoms with Crippen LogP contribution in [0.25, 0.3) is 10.9 Å². The first-order chi connectivity index (χ1) is 6.35. The molecule has 1 aromatic carbocycles. The van der Waals surface area contributed by atoms with Gasteiger partial charge in [0.25, 0.3) is 0 Å². The summed E-state index contributed by atoms with van der Waals surface area (Å²) in [5.74, 6) is 0. The Hall–Kier alpha value is -1.75. The summed E-state index contributed by atoms with van der Waals surface area (Å²) in [6, 6.07) is 8.26. The molecule has 2 heteroatoms. The zero-order chi connectivity index (χ0) is 9.26. The number of rotatable bonds is 1. The lowest BCUT2D eigenvalue weighted by atomic mass is 10.1. The number of hydrogen-bond donors (Lipinski definition) is 1. The Kier molecular flexibility index (Phi) is 1.79. The number of fused-ring (bicyclic) bond motifs is 1. The zero-order valence-electron chi connectivity index (χ0n) is 7.46. The van der Waals surface area contributed by atoms with Gasteiger partial charge < -0.3 is 4.98 Å². The average molecular weight is 170 g/mol. The minimum Gasteiger partial charge on any atom is -0.360 e. The lowest BCUT2D eigenvalue weighted by molar-refractivity contribution is 1.14. The normalized spacial score (nSPS) is 10.2. The van der Waals surface area contributed by atoms with E-state index in [1.807, 2.05) is 18.3 Å². The quantitative estimate of drug-likeness (QED) is 0.702. The van der Waals surface area contributed by atoms with E-state index in [0.29, 0.717) is 0 Å². The number of aryl methyl sites for hydroxylation is 1. The molecular weight excluding hydrogens is 160 g/mol. The second-order valence-corrected chi connectivity index (χ2v) is 3.05. The van der Waals surface area contributed by atoms with Crippen molar-refractivity contribution >= 4 is 10.9 Å². The van der Waals surface area contributed by atoms with E-state index in [4.69, 9.17) is 5.26 Å². The molecule has 0 aliphatic heterocycles. The van der Waals surface area contributed by atoms with E-state index < -0.39 is 0 Å². The molecule has 0 aliphatic rings. The summed E-state index contributed by atoms with van der Waals surface area (Å²) < 4.78 is 0. The van der Waals surface area contributed by atoms with Crippen LogP contribution in [-0.2, 0) is 6.42 Å². The van der Waals surface area contributed by atoms with Crippen molar-refractivity contribution < 1.29 is 0 Å². The molecule has 2 rings (SSSR count). The SMILES string of the molecule is CCc1cc(C#N)c2[nH]ccc2c1. The van der Waals surface area contributed by atoms with Gasteiger partial charge in [0.05, 0.1) is 11.1 Å². The van der Waals surface area contributed by atoms with E-state index in [9.17, 15) is 0 Å². The summed E-state index contributed by atoms with van der Waals surface area (Å²) in [7, 11) is 0. The van der Waals surface area contributed by atoms with E-state index >= 15 is 0 Å². The Balaban J connectivity index is 2.79. The number of aromatic nitrogens is 1. The van der Waals surface area contributed by atoms with Crippen molar-refractivity contribution in [2.45, 2.75) is 13.3 Å². The largest absolute Gasteiger partial charge is 0.360 e. The fourth-order valence-electron chi connectivity index (χ4n) is 1.53. The number of nitrogens with one attached hydrogen (secondary N) is 1. The molecule has 1 N–H and O–H groups in total. The summed E-state index contributed by atoms with van der Waals surface area (Å²) >= 11 is 0. The molecule has 0 aliphatic carbocycles. The molecule has 13 heavy (non-hydrogen) atoms. The van der Waals surface area contributed by atoms with Crippen molar-refractivity contribution in [3.8, 4) is 6.07 Å². The maximum Gasteiger partial charge on any atom is 0.101 e. The fourth-order valence-corrected chi connectivity index (χ4v) is 1.53. The van der Waals surface area contributed by atoms with Crippen molar-refractivity contribution in [1.29, 1.82) is 5.26 Å². The van der Waals surface area contributed by atoms with E-state index in [1.165, 1.54) is 5.56 Å². The first-order valence-electron chi connectivity index (χ1n) is 4.35. The summed E-state index contributed by atoms with van der Waals surface area (Å²) in [4.78, 5) is 3.07. The molecule has 2 aromatic rings. The fraction of sp³-hybridized carbons (Fsp3) is 0.182. The highest BCUT2D eigenvalue weighted by Gasteiger charge is 2.02. The van der Waals surface area contributed by atoms with Crippen LogP contribution in [0.3, 0.4) is 0 Å². The first-order valence-corrected chi connectivity index (χ1v) is 4.35. The van der Waals surface area contributed by atoms with Crippen molar-refractivity contribution in [2.24, 2.45) is 0 Å². The third-order valence-corrected chi connectivity index (χ3v) is 2.25. The van der Waals surface area contributed by atoms with Gasteiger partial charge in [-0.1, -0.05) is 6.92 Å². The minimum absolute atomic E-state index is 0.736. The van der Waals surface area contributed by atoms with Crippen LogP contribution in [0.15, 0.2) is 24.4 Å². The van der Waals surface area contributed by atoms with Gasteiger partial charge in [0, 0.05) is 11.6 Å². The van der Waals surface area contributed by atoms with Gasteiger partial charge in [-0.3, -0.25) is 0 Å². The van der Waals surface area contributed by atoms with Crippen LogP contribution >= 0.6 is 0 Å². The number of H-pyrrole nitrogens is 1. The van der Waals surface area contributed by atoms with Crippen LogP contribution in [0, 0.1) is 11.3 Å². The number of benzene rings is 1. The molecule has 64 valence electrons. The van der Waals surface area contributed by atoms with Crippen LogP contribution in [0.4, 0.5) is 0 Å². The molecule has 2 nitrogen and oxygen atoms in total. The third kappa shape index (κ3) is 1.19. The number of nitriles is 1. The molecule has 0 bridgehead atoms. The predicted molar refractivity (Wildman–Crippen MR) is 52.4 cm³/mol. The molecule has 0 amide bonds. The van der Waals surface area contributed by atoms with Crippen molar-refractivity contribution in [2.75, 3.05) is 0 Å². The van der Waals surface area contributed by atoms with Crippen LogP contribution in [0.5, 0.6) is 0 Å². The van der Waals surface area contributed by atoms with E-state index in [0.717, 1.165) is 22.9 Å². The number of nitrogens with zero attached hydrogens (tertiary/aromatic N) is 1. The van der Waals surface area contributed by atoms with Gasteiger partial charge in [-0.2, -0.15) is 5.26 Å². The molecule has 0 fully saturated rings. The molecule has 1 heterocycles.